The molecular formula is C12H20N2O4S. The Morgan fingerprint density at radius 2 is 1.95 bits per heavy atom. The summed E-state index contributed by atoms with van der Waals surface area (Å²) in [6.07, 6.45) is 1.35. The number of nitrogens with zero attached hydrogens (tertiary/aromatic N) is 1. The van der Waals surface area contributed by atoms with Crippen LogP contribution in [0.2, 0.25) is 0 Å². The first-order valence-electron chi connectivity index (χ1n) is 6.04. The van der Waals surface area contributed by atoms with E-state index < -0.39 is 16.0 Å². The lowest BCUT2D eigenvalue weighted by Crippen LogP contribution is -2.15. The minimum absolute atomic E-state index is 0.0721. The number of aromatic nitrogens is 1. The monoisotopic (exact) mass is 288 g/mol. The van der Waals surface area contributed by atoms with E-state index in [0.29, 0.717) is 0 Å². The van der Waals surface area contributed by atoms with Crippen molar-refractivity contribution in [2.24, 2.45) is 11.1 Å². The number of ether oxygens (including phenoxy) is 1. The number of nitrogens with two attached hydrogens (primary N) is 1. The normalized spacial score (nSPS) is 12.2. The largest absolute Gasteiger partial charge is 0.461 e. The Morgan fingerprint density at radius 1 is 1.37 bits per heavy atom. The molecule has 0 aliphatic rings. The molecule has 0 saturated heterocycles. The number of carbonyl (C=O) groups is 1. The van der Waals surface area contributed by atoms with Gasteiger partial charge in [0.25, 0.3) is 0 Å². The molecule has 0 bridgehead atoms. The van der Waals surface area contributed by atoms with E-state index in [-0.39, 0.29) is 29.2 Å². The Morgan fingerprint density at radius 3 is 2.37 bits per heavy atom. The molecular weight excluding hydrogens is 268 g/mol. The molecule has 1 aromatic heterocycles. The summed E-state index contributed by atoms with van der Waals surface area (Å²) in [6, 6.07) is 1.18. The average molecular weight is 288 g/mol. The number of esters is 1. The van der Waals surface area contributed by atoms with E-state index in [9.17, 15) is 13.2 Å². The summed E-state index contributed by atoms with van der Waals surface area (Å²) < 4.78 is 29.3. The fourth-order valence-electron chi connectivity index (χ4n) is 1.52. The molecule has 7 heteroatoms. The van der Waals surface area contributed by atoms with Gasteiger partial charge in [0.1, 0.15) is 10.6 Å². The van der Waals surface area contributed by atoms with E-state index in [1.807, 2.05) is 27.7 Å². The van der Waals surface area contributed by atoms with Gasteiger partial charge in [-0.1, -0.05) is 13.8 Å². The van der Waals surface area contributed by atoms with Crippen LogP contribution in [0.3, 0.4) is 0 Å². The maximum atomic E-state index is 11.9. The van der Waals surface area contributed by atoms with Crippen molar-refractivity contribution >= 4 is 16.0 Å². The van der Waals surface area contributed by atoms with Crippen LogP contribution >= 0.6 is 0 Å². The Labute approximate surface area is 113 Å². The molecule has 0 radical (unpaired) electrons. The second-order valence-corrected chi connectivity index (χ2v) is 6.66. The van der Waals surface area contributed by atoms with Crippen molar-refractivity contribution in [3.63, 3.8) is 0 Å². The topological polar surface area (TPSA) is 91.4 Å². The van der Waals surface area contributed by atoms with Crippen molar-refractivity contribution in [2.75, 3.05) is 6.61 Å². The van der Waals surface area contributed by atoms with Gasteiger partial charge in [0, 0.05) is 12.2 Å². The molecule has 0 spiro atoms. The highest BCUT2D eigenvalue weighted by molar-refractivity contribution is 7.89. The molecule has 0 fully saturated rings. The fraction of sp³-hybridized carbons (Fsp3) is 0.583. The Kier molecular flexibility index (Phi) is 4.75. The molecule has 0 aliphatic heterocycles. The van der Waals surface area contributed by atoms with Crippen LogP contribution in [0, 0.1) is 5.92 Å². The Hall–Kier alpha value is -1.34. The van der Waals surface area contributed by atoms with Crippen LogP contribution in [0.25, 0.3) is 0 Å². The van der Waals surface area contributed by atoms with Gasteiger partial charge in [-0.05, 0) is 25.8 Å². The second kappa shape index (κ2) is 5.75. The van der Waals surface area contributed by atoms with Crippen molar-refractivity contribution < 1.29 is 17.9 Å². The summed E-state index contributed by atoms with van der Waals surface area (Å²) >= 11 is 0. The van der Waals surface area contributed by atoms with Crippen LogP contribution in [0.1, 0.15) is 44.2 Å². The van der Waals surface area contributed by atoms with Crippen molar-refractivity contribution in [1.82, 2.24) is 4.57 Å². The van der Waals surface area contributed by atoms with Crippen LogP contribution in [0.5, 0.6) is 0 Å². The first-order chi connectivity index (χ1) is 8.62. The minimum atomic E-state index is -3.83. The molecule has 19 heavy (non-hydrogen) atoms. The summed E-state index contributed by atoms with van der Waals surface area (Å²) in [6.45, 7) is 7.81. The second-order valence-electron chi connectivity index (χ2n) is 5.10. The van der Waals surface area contributed by atoms with Crippen molar-refractivity contribution in [3.8, 4) is 0 Å². The van der Waals surface area contributed by atoms with E-state index in [1.165, 1.54) is 12.3 Å². The molecule has 0 aliphatic carbocycles. The SMILES string of the molecule is CC(C)COC(=O)c1cc(S(N)(=O)=O)cn1C(C)C. The van der Waals surface area contributed by atoms with Crippen LogP contribution in [0.15, 0.2) is 17.2 Å². The molecule has 0 aromatic carbocycles. The predicted molar refractivity (Wildman–Crippen MR) is 71.3 cm³/mol. The molecule has 0 atom stereocenters. The van der Waals surface area contributed by atoms with Crippen LogP contribution < -0.4 is 5.14 Å². The molecule has 0 saturated carbocycles. The summed E-state index contributed by atoms with van der Waals surface area (Å²) in [5, 5.41) is 5.07. The number of primary sulfonamides is 1. The van der Waals surface area contributed by atoms with Crippen LogP contribution in [-0.4, -0.2) is 25.6 Å². The Bertz CT molecular complexity index is 558. The maximum absolute atomic E-state index is 11.9. The fourth-order valence-corrected chi connectivity index (χ4v) is 2.05. The van der Waals surface area contributed by atoms with E-state index in [0.717, 1.165) is 0 Å². The zero-order valence-electron chi connectivity index (χ0n) is 11.6. The van der Waals surface area contributed by atoms with E-state index in [4.69, 9.17) is 9.88 Å². The van der Waals surface area contributed by atoms with Crippen molar-refractivity contribution in [1.29, 1.82) is 0 Å². The smallest absolute Gasteiger partial charge is 0.355 e. The highest BCUT2D eigenvalue weighted by atomic mass is 32.2. The van der Waals surface area contributed by atoms with Gasteiger partial charge in [-0.3, -0.25) is 0 Å². The van der Waals surface area contributed by atoms with Crippen molar-refractivity contribution in [2.45, 2.75) is 38.6 Å². The molecule has 0 amide bonds. The molecule has 6 nitrogen and oxygen atoms in total. The molecule has 1 aromatic rings. The quantitative estimate of drug-likeness (QED) is 0.832. The van der Waals surface area contributed by atoms with Crippen LogP contribution in [0.4, 0.5) is 0 Å². The van der Waals surface area contributed by atoms with Gasteiger partial charge in [-0.15, -0.1) is 0 Å². The lowest BCUT2D eigenvalue weighted by Gasteiger charge is -2.12. The van der Waals surface area contributed by atoms with Gasteiger partial charge in [0.15, 0.2) is 0 Å². The van der Waals surface area contributed by atoms with Gasteiger partial charge in [0.05, 0.1) is 6.61 Å². The molecule has 1 heterocycles. The summed E-state index contributed by atoms with van der Waals surface area (Å²) in [4.78, 5) is 11.9. The summed E-state index contributed by atoms with van der Waals surface area (Å²) in [5.41, 5.74) is 0.194. The first-order valence-corrected chi connectivity index (χ1v) is 7.59. The zero-order chi connectivity index (χ0) is 14.8. The van der Waals surface area contributed by atoms with Gasteiger partial charge >= 0.3 is 5.97 Å². The number of rotatable bonds is 5. The highest BCUT2D eigenvalue weighted by Gasteiger charge is 2.21. The minimum Gasteiger partial charge on any atom is -0.461 e. The highest BCUT2D eigenvalue weighted by Crippen LogP contribution is 2.19. The maximum Gasteiger partial charge on any atom is 0.355 e. The molecule has 1 rings (SSSR count). The molecule has 2 N–H and O–H groups in total. The first kappa shape index (κ1) is 15.7. The zero-order valence-corrected chi connectivity index (χ0v) is 12.4. The molecule has 0 unspecified atom stereocenters. The van der Waals surface area contributed by atoms with Gasteiger partial charge in [-0.25, -0.2) is 18.4 Å². The summed E-state index contributed by atoms with van der Waals surface area (Å²) in [7, 11) is -3.83. The number of hydrogen-bond acceptors (Lipinski definition) is 4. The molecule has 108 valence electrons. The average Bonchev–Trinajstić information content (AvgIpc) is 2.70. The third-order valence-electron chi connectivity index (χ3n) is 2.47. The van der Waals surface area contributed by atoms with Gasteiger partial charge < -0.3 is 9.30 Å². The standard InChI is InChI=1S/C12H20N2O4S/c1-8(2)7-18-12(15)11-5-10(19(13,16)17)6-14(11)9(3)4/h5-6,8-9H,7H2,1-4H3,(H2,13,16,17). The van der Waals surface area contributed by atoms with E-state index >= 15 is 0 Å². The predicted octanol–water partition coefficient (Wildman–Crippen LogP) is 1.53. The van der Waals surface area contributed by atoms with Gasteiger partial charge in [-0.2, -0.15) is 0 Å². The van der Waals surface area contributed by atoms with E-state index in [2.05, 4.69) is 0 Å². The van der Waals surface area contributed by atoms with E-state index in [1.54, 1.807) is 4.57 Å². The number of hydrogen-bond donors (Lipinski definition) is 1. The third-order valence-corrected chi connectivity index (χ3v) is 3.35. The Balaban J connectivity index is 3.12. The van der Waals surface area contributed by atoms with Gasteiger partial charge in [0.2, 0.25) is 10.0 Å². The van der Waals surface area contributed by atoms with Crippen LogP contribution in [-0.2, 0) is 14.8 Å². The number of carbonyl (C=O) groups excluding carboxylic acids is 1. The lowest BCUT2D eigenvalue weighted by atomic mass is 10.2. The number of sulfonamides is 1. The third kappa shape index (κ3) is 4.07. The lowest BCUT2D eigenvalue weighted by molar-refractivity contribution is 0.0444. The summed E-state index contributed by atoms with van der Waals surface area (Å²) in [5.74, 6) is -0.332. The van der Waals surface area contributed by atoms with Crippen molar-refractivity contribution in [3.05, 3.63) is 18.0 Å².